The summed E-state index contributed by atoms with van der Waals surface area (Å²) in [5.74, 6) is 1.10. The van der Waals surface area contributed by atoms with Crippen molar-refractivity contribution in [3.8, 4) is 5.75 Å². The zero-order valence-corrected chi connectivity index (χ0v) is 15.5. The van der Waals surface area contributed by atoms with Crippen LogP contribution in [0.2, 0.25) is 0 Å². The van der Waals surface area contributed by atoms with Gasteiger partial charge in [0.15, 0.2) is 0 Å². The van der Waals surface area contributed by atoms with E-state index >= 15 is 0 Å². The summed E-state index contributed by atoms with van der Waals surface area (Å²) in [6.45, 7) is 3.91. The number of aryl methyl sites for hydroxylation is 1. The molecular weight excluding hydrogens is 347 g/mol. The Balaban J connectivity index is 1.51. The first-order valence-electron chi connectivity index (χ1n) is 8.90. The highest BCUT2D eigenvalue weighted by molar-refractivity contribution is 5.76. The zero-order chi connectivity index (χ0) is 19.2. The number of para-hydroxylation sites is 2. The van der Waals surface area contributed by atoms with Gasteiger partial charge in [-0.05, 0) is 43.3 Å². The largest absolute Gasteiger partial charge is 0.492 e. The lowest BCUT2D eigenvalue weighted by Crippen LogP contribution is -2.39. The number of fused-ring (bicyclic) bond motifs is 1. The second-order valence-electron chi connectivity index (χ2n) is 6.15. The molecule has 0 aliphatic heterocycles. The Labute approximate surface area is 157 Å². The number of carbonyl (C=O) groups is 1. The molecule has 0 fully saturated rings. The number of urea groups is 1. The third kappa shape index (κ3) is 4.55. The summed E-state index contributed by atoms with van der Waals surface area (Å²) in [6, 6.07) is 13.5. The van der Waals surface area contributed by atoms with E-state index < -0.39 is 0 Å². The minimum Gasteiger partial charge on any atom is -0.492 e. The molecule has 0 aliphatic carbocycles. The van der Waals surface area contributed by atoms with Crippen molar-refractivity contribution in [2.45, 2.75) is 20.0 Å². The number of nitrogens with zero attached hydrogens (tertiary/aromatic N) is 3. The Morgan fingerprint density at radius 3 is 2.70 bits per heavy atom. The molecule has 27 heavy (non-hydrogen) atoms. The molecule has 3 rings (SSSR count). The van der Waals surface area contributed by atoms with Crippen LogP contribution in [0.3, 0.4) is 0 Å². The molecule has 1 aromatic heterocycles. The maximum absolute atomic E-state index is 12.8. The van der Waals surface area contributed by atoms with Crippen LogP contribution in [0.15, 0.2) is 48.5 Å². The number of imidazole rings is 1. The summed E-state index contributed by atoms with van der Waals surface area (Å²) < 4.78 is 20.4. The highest BCUT2D eigenvalue weighted by atomic mass is 19.1. The average molecular weight is 370 g/mol. The number of benzene rings is 2. The lowest BCUT2D eigenvalue weighted by atomic mass is 10.3. The second-order valence-corrected chi connectivity index (χ2v) is 6.15. The normalized spacial score (nSPS) is 10.8. The molecule has 0 aliphatic rings. The van der Waals surface area contributed by atoms with Crippen LogP contribution in [0.25, 0.3) is 11.0 Å². The van der Waals surface area contributed by atoms with Crippen LogP contribution in [-0.2, 0) is 13.1 Å². The van der Waals surface area contributed by atoms with Gasteiger partial charge in [-0.1, -0.05) is 12.1 Å². The van der Waals surface area contributed by atoms with E-state index in [1.54, 1.807) is 24.1 Å². The van der Waals surface area contributed by atoms with Gasteiger partial charge in [0.1, 0.15) is 24.0 Å². The summed E-state index contributed by atoms with van der Waals surface area (Å²) in [5, 5.41) is 2.81. The van der Waals surface area contributed by atoms with Gasteiger partial charge in [0, 0.05) is 13.6 Å². The Kier molecular flexibility index (Phi) is 5.90. The summed E-state index contributed by atoms with van der Waals surface area (Å²) >= 11 is 0. The first-order chi connectivity index (χ1) is 13.1. The number of hydrogen-bond donors (Lipinski definition) is 1. The molecule has 6 nitrogen and oxygen atoms in total. The van der Waals surface area contributed by atoms with Gasteiger partial charge in [-0.25, -0.2) is 14.2 Å². The van der Waals surface area contributed by atoms with Crippen LogP contribution >= 0.6 is 0 Å². The van der Waals surface area contributed by atoms with E-state index in [0.29, 0.717) is 25.4 Å². The third-order valence-corrected chi connectivity index (χ3v) is 4.24. The molecule has 0 spiro atoms. The maximum Gasteiger partial charge on any atom is 0.317 e. The quantitative estimate of drug-likeness (QED) is 0.649. The Hall–Kier alpha value is -3.09. The molecule has 0 unspecified atom stereocenters. The van der Waals surface area contributed by atoms with Gasteiger partial charge >= 0.3 is 6.03 Å². The highest BCUT2D eigenvalue weighted by Crippen LogP contribution is 2.17. The molecule has 0 bridgehead atoms. The number of ether oxygens (including phenoxy) is 1. The molecule has 7 heteroatoms. The maximum atomic E-state index is 12.8. The second kappa shape index (κ2) is 8.53. The van der Waals surface area contributed by atoms with E-state index in [1.165, 1.54) is 12.1 Å². The predicted octanol–water partition coefficient (Wildman–Crippen LogP) is 3.42. The molecule has 2 amide bonds. The van der Waals surface area contributed by atoms with Gasteiger partial charge in [-0.2, -0.15) is 0 Å². The minimum absolute atomic E-state index is 0.201. The van der Waals surface area contributed by atoms with Crippen molar-refractivity contribution in [3.63, 3.8) is 0 Å². The van der Waals surface area contributed by atoms with Crippen LogP contribution in [0.5, 0.6) is 5.75 Å². The van der Waals surface area contributed by atoms with Gasteiger partial charge in [0.2, 0.25) is 0 Å². The number of nitrogens with one attached hydrogen (secondary N) is 1. The SMILES string of the molecule is CCn1c(CN(C)C(=O)NCCOc2ccc(F)cc2)nc2ccccc21. The summed E-state index contributed by atoms with van der Waals surface area (Å²) in [4.78, 5) is 18.5. The van der Waals surface area contributed by atoms with Gasteiger partial charge in [0.25, 0.3) is 0 Å². The molecule has 1 N–H and O–H groups in total. The van der Waals surface area contributed by atoms with Gasteiger partial charge < -0.3 is 19.5 Å². The van der Waals surface area contributed by atoms with Crippen LogP contribution in [-0.4, -0.2) is 40.7 Å². The van der Waals surface area contributed by atoms with Crippen LogP contribution < -0.4 is 10.1 Å². The topological polar surface area (TPSA) is 59.4 Å². The number of rotatable bonds is 7. The van der Waals surface area contributed by atoms with Gasteiger partial charge in [-0.3, -0.25) is 0 Å². The van der Waals surface area contributed by atoms with Crippen molar-refractivity contribution in [2.75, 3.05) is 20.2 Å². The first-order valence-corrected chi connectivity index (χ1v) is 8.90. The van der Waals surface area contributed by atoms with Crippen LogP contribution in [0.1, 0.15) is 12.7 Å². The fraction of sp³-hybridized carbons (Fsp3) is 0.300. The fourth-order valence-electron chi connectivity index (χ4n) is 2.88. The van der Waals surface area contributed by atoms with Crippen molar-refractivity contribution >= 4 is 17.1 Å². The van der Waals surface area contributed by atoms with E-state index in [2.05, 4.69) is 21.8 Å². The molecule has 0 saturated heterocycles. The van der Waals surface area contributed by atoms with E-state index in [-0.39, 0.29) is 11.8 Å². The van der Waals surface area contributed by atoms with E-state index in [9.17, 15) is 9.18 Å². The predicted molar refractivity (Wildman–Crippen MR) is 102 cm³/mol. The third-order valence-electron chi connectivity index (χ3n) is 4.24. The van der Waals surface area contributed by atoms with Gasteiger partial charge in [0.05, 0.1) is 24.1 Å². The molecular formula is C20H23FN4O2. The minimum atomic E-state index is -0.310. The molecule has 0 saturated carbocycles. The molecule has 0 atom stereocenters. The smallest absolute Gasteiger partial charge is 0.317 e. The molecule has 1 heterocycles. The van der Waals surface area contributed by atoms with Crippen LogP contribution in [0.4, 0.5) is 9.18 Å². The number of carbonyl (C=O) groups excluding carboxylic acids is 1. The Bertz CT molecular complexity index is 908. The summed E-state index contributed by atoms with van der Waals surface area (Å²) in [6.07, 6.45) is 0. The first kappa shape index (κ1) is 18.7. The van der Waals surface area contributed by atoms with Crippen molar-refractivity contribution < 1.29 is 13.9 Å². The highest BCUT2D eigenvalue weighted by Gasteiger charge is 2.14. The van der Waals surface area contributed by atoms with Crippen molar-refractivity contribution in [1.29, 1.82) is 0 Å². The van der Waals surface area contributed by atoms with Crippen molar-refractivity contribution in [3.05, 3.63) is 60.2 Å². The number of hydrogen-bond acceptors (Lipinski definition) is 3. The van der Waals surface area contributed by atoms with Crippen molar-refractivity contribution in [1.82, 2.24) is 19.8 Å². The van der Waals surface area contributed by atoms with E-state index in [4.69, 9.17) is 4.74 Å². The van der Waals surface area contributed by atoms with Gasteiger partial charge in [-0.15, -0.1) is 0 Å². The summed E-state index contributed by atoms with van der Waals surface area (Å²) in [7, 11) is 1.73. The molecule has 3 aromatic rings. The standard InChI is InChI=1S/C20H23FN4O2/c1-3-25-18-7-5-4-6-17(18)23-19(25)14-24(2)20(26)22-12-13-27-16-10-8-15(21)9-11-16/h4-11H,3,12-14H2,1-2H3,(H,22,26). The van der Waals surface area contributed by atoms with Crippen molar-refractivity contribution in [2.24, 2.45) is 0 Å². The average Bonchev–Trinajstić information content (AvgIpc) is 3.03. The lowest BCUT2D eigenvalue weighted by molar-refractivity contribution is 0.202. The Morgan fingerprint density at radius 1 is 1.22 bits per heavy atom. The molecule has 142 valence electrons. The zero-order valence-electron chi connectivity index (χ0n) is 15.5. The molecule has 2 aromatic carbocycles. The molecule has 0 radical (unpaired) electrons. The van der Waals surface area contributed by atoms with Crippen LogP contribution in [0, 0.1) is 5.82 Å². The Morgan fingerprint density at radius 2 is 1.96 bits per heavy atom. The number of aromatic nitrogens is 2. The monoisotopic (exact) mass is 370 g/mol. The number of halogens is 1. The number of amides is 2. The van der Waals surface area contributed by atoms with E-state index in [0.717, 1.165) is 23.4 Å². The lowest BCUT2D eigenvalue weighted by Gasteiger charge is -2.18. The van der Waals surface area contributed by atoms with E-state index in [1.807, 2.05) is 24.3 Å². The summed E-state index contributed by atoms with van der Waals surface area (Å²) in [5.41, 5.74) is 1.99. The fourth-order valence-corrected chi connectivity index (χ4v) is 2.88.